The van der Waals surface area contributed by atoms with E-state index >= 15 is 0 Å². The van der Waals surface area contributed by atoms with Gasteiger partial charge in [0.05, 0.1) is 32.2 Å². The highest BCUT2D eigenvalue weighted by atomic mass is 16.5. The summed E-state index contributed by atoms with van der Waals surface area (Å²) in [6.45, 7) is 1.35. The lowest BCUT2D eigenvalue weighted by Gasteiger charge is -2.16. The standard InChI is InChI=1S/C19H21N3O3/c1-22(11-13-8-9-14(24-2)10-17(13)25-3)12-18-20-16-7-5-4-6-15(16)19(23)21-18/h4-10H,11-12H2,1-3H3,(H,20,21,23)/p+1. The number of para-hydroxylation sites is 1. The van der Waals surface area contributed by atoms with E-state index in [9.17, 15) is 4.79 Å². The number of benzene rings is 2. The molecule has 0 saturated carbocycles. The van der Waals surface area contributed by atoms with Crippen molar-refractivity contribution in [3.8, 4) is 11.5 Å². The van der Waals surface area contributed by atoms with Crippen molar-refractivity contribution < 1.29 is 14.4 Å². The third-order valence-electron chi connectivity index (χ3n) is 4.12. The van der Waals surface area contributed by atoms with Crippen molar-refractivity contribution in [1.82, 2.24) is 9.97 Å². The molecule has 1 atom stereocenters. The first-order chi connectivity index (χ1) is 12.1. The summed E-state index contributed by atoms with van der Waals surface area (Å²) in [6, 6.07) is 13.2. The van der Waals surface area contributed by atoms with Gasteiger partial charge in [0.15, 0.2) is 5.82 Å². The molecule has 0 bridgehead atoms. The Morgan fingerprint density at radius 3 is 2.64 bits per heavy atom. The summed E-state index contributed by atoms with van der Waals surface area (Å²) in [5, 5.41) is 0.612. The fraction of sp³-hybridized carbons (Fsp3) is 0.263. The lowest BCUT2D eigenvalue weighted by molar-refractivity contribution is -0.908. The number of fused-ring (bicyclic) bond motifs is 1. The summed E-state index contributed by atoms with van der Waals surface area (Å²) in [6.07, 6.45) is 0. The molecule has 0 radical (unpaired) electrons. The Morgan fingerprint density at radius 2 is 1.88 bits per heavy atom. The van der Waals surface area contributed by atoms with E-state index < -0.39 is 0 Å². The molecule has 0 spiro atoms. The van der Waals surface area contributed by atoms with E-state index in [0.717, 1.165) is 29.1 Å². The minimum Gasteiger partial charge on any atom is -0.497 e. The van der Waals surface area contributed by atoms with Gasteiger partial charge in [-0.1, -0.05) is 12.1 Å². The van der Waals surface area contributed by atoms with E-state index in [-0.39, 0.29) is 5.56 Å². The lowest BCUT2D eigenvalue weighted by Crippen LogP contribution is -3.06. The van der Waals surface area contributed by atoms with E-state index in [2.05, 4.69) is 17.0 Å². The molecule has 6 heteroatoms. The second-order valence-corrected chi connectivity index (χ2v) is 6.02. The summed E-state index contributed by atoms with van der Waals surface area (Å²) in [4.78, 5) is 20.8. The van der Waals surface area contributed by atoms with Gasteiger partial charge in [-0.05, 0) is 24.3 Å². The maximum absolute atomic E-state index is 12.2. The number of ether oxygens (including phenoxy) is 2. The number of nitrogens with one attached hydrogen (secondary N) is 2. The normalized spacial score (nSPS) is 12.1. The van der Waals surface area contributed by atoms with E-state index in [1.54, 1.807) is 20.3 Å². The first-order valence-electron chi connectivity index (χ1n) is 8.11. The zero-order valence-electron chi connectivity index (χ0n) is 14.6. The Labute approximate surface area is 146 Å². The van der Waals surface area contributed by atoms with E-state index in [1.165, 1.54) is 4.90 Å². The topological polar surface area (TPSA) is 68.7 Å². The van der Waals surface area contributed by atoms with Crippen molar-refractivity contribution in [2.75, 3.05) is 21.3 Å². The first kappa shape index (κ1) is 17.0. The molecule has 3 rings (SSSR count). The summed E-state index contributed by atoms with van der Waals surface area (Å²) >= 11 is 0. The second-order valence-electron chi connectivity index (χ2n) is 6.02. The van der Waals surface area contributed by atoms with Crippen molar-refractivity contribution in [2.45, 2.75) is 13.1 Å². The molecule has 3 aromatic rings. The third-order valence-corrected chi connectivity index (χ3v) is 4.12. The molecular weight excluding hydrogens is 318 g/mol. The number of hydrogen-bond donors (Lipinski definition) is 2. The minimum atomic E-state index is -0.101. The van der Waals surface area contributed by atoms with Gasteiger partial charge in [0.1, 0.15) is 24.6 Å². The zero-order valence-corrected chi connectivity index (χ0v) is 14.6. The van der Waals surface area contributed by atoms with Gasteiger partial charge in [0, 0.05) is 11.6 Å². The molecule has 25 heavy (non-hydrogen) atoms. The fourth-order valence-electron chi connectivity index (χ4n) is 2.89. The number of H-pyrrole nitrogens is 1. The van der Waals surface area contributed by atoms with Crippen LogP contribution in [-0.4, -0.2) is 31.2 Å². The summed E-state index contributed by atoms with van der Waals surface area (Å²) in [5.74, 6) is 2.23. The Bertz CT molecular complexity index is 937. The van der Waals surface area contributed by atoms with Crippen LogP contribution in [0.25, 0.3) is 10.9 Å². The van der Waals surface area contributed by atoms with Crippen LogP contribution in [0.15, 0.2) is 47.3 Å². The number of aromatic nitrogens is 2. The molecule has 2 aromatic carbocycles. The molecule has 0 amide bonds. The third kappa shape index (κ3) is 3.80. The number of methoxy groups -OCH3 is 2. The van der Waals surface area contributed by atoms with Gasteiger partial charge in [-0.2, -0.15) is 0 Å². The SMILES string of the molecule is COc1ccc(C[NH+](C)Cc2nc3ccccc3c(=O)[nH]2)c(OC)c1. The van der Waals surface area contributed by atoms with Crippen LogP contribution in [0.2, 0.25) is 0 Å². The van der Waals surface area contributed by atoms with Crippen LogP contribution in [0.5, 0.6) is 11.5 Å². The van der Waals surface area contributed by atoms with Gasteiger partial charge in [-0.25, -0.2) is 4.98 Å². The highest BCUT2D eigenvalue weighted by molar-refractivity contribution is 5.77. The number of quaternary nitrogens is 1. The highest BCUT2D eigenvalue weighted by Gasteiger charge is 2.13. The maximum atomic E-state index is 12.2. The van der Waals surface area contributed by atoms with Crippen LogP contribution < -0.4 is 19.9 Å². The van der Waals surface area contributed by atoms with Gasteiger partial charge in [0.25, 0.3) is 5.56 Å². The molecule has 2 N–H and O–H groups in total. The van der Waals surface area contributed by atoms with Crippen molar-refractivity contribution in [3.63, 3.8) is 0 Å². The molecule has 0 aliphatic rings. The molecule has 0 saturated heterocycles. The minimum absolute atomic E-state index is 0.101. The van der Waals surface area contributed by atoms with Crippen LogP contribution in [-0.2, 0) is 13.1 Å². The average molecular weight is 340 g/mol. The second kappa shape index (κ2) is 7.36. The predicted octanol–water partition coefficient (Wildman–Crippen LogP) is 1.16. The molecule has 0 aliphatic heterocycles. The highest BCUT2D eigenvalue weighted by Crippen LogP contribution is 2.23. The Hall–Kier alpha value is -2.86. The molecule has 0 fully saturated rings. The van der Waals surface area contributed by atoms with Gasteiger partial charge in [0.2, 0.25) is 0 Å². The Kier molecular flexibility index (Phi) is 5.00. The summed E-state index contributed by atoms with van der Waals surface area (Å²) < 4.78 is 10.7. The quantitative estimate of drug-likeness (QED) is 0.706. The zero-order chi connectivity index (χ0) is 17.8. The van der Waals surface area contributed by atoms with Crippen molar-refractivity contribution in [1.29, 1.82) is 0 Å². The number of rotatable bonds is 6. The first-order valence-corrected chi connectivity index (χ1v) is 8.11. The number of nitrogens with zero attached hydrogens (tertiary/aromatic N) is 1. The van der Waals surface area contributed by atoms with Crippen LogP contribution in [0.3, 0.4) is 0 Å². The van der Waals surface area contributed by atoms with Gasteiger partial charge >= 0.3 is 0 Å². The number of hydrogen-bond acceptors (Lipinski definition) is 4. The van der Waals surface area contributed by atoms with Crippen LogP contribution >= 0.6 is 0 Å². The van der Waals surface area contributed by atoms with Crippen molar-refractivity contribution in [3.05, 3.63) is 64.2 Å². The van der Waals surface area contributed by atoms with Gasteiger partial charge < -0.3 is 19.4 Å². The molecule has 6 nitrogen and oxygen atoms in total. The molecular formula is C19H22N3O3+. The van der Waals surface area contributed by atoms with Crippen LogP contribution in [0, 0.1) is 0 Å². The lowest BCUT2D eigenvalue weighted by atomic mass is 10.1. The molecule has 0 aliphatic carbocycles. The largest absolute Gasteiger partial charge is 0.497 e. The smallest absolute Gasteiger partial charge is 0.258 e. The van der Waals surface area contributed by atoms with E-state index in [0.29, 0.717) is 17.8 Å². The maximum Gasteiger partial charge on any atom is 0.258 e. The summed E-state index contributed by atoms with van der Waals surface area (Å²) in [5.41, 5.74) is 1.69. The van der Waals surface area contributed by atoms with E-state index in [4.69, 9.17) is 9.47 Å². The van der Waals surface area contributed by atoms with Crippen molar-refractivity contribution in [2.24, 2.45) is 0 Å². The van der Waals surface area contributed by atoms with Gasteiger partial charge in [-0.15, -0.1) is 0 Å². The number of aromatic amines is 1. The monoisotopic (exact) mass is 340 g/mol. The predicted molar refractivity (Wildman–Crippen MR) is 96.2 cm³/mol. The molecule has 1 unspecified atom stereocenters. The fourth-order valence-corrected chi connectivity index (χ4v) is 2.89. The Morgan fingerprint density at radius 1 is 1.08 bits per heavy atom. The summed E-state index contributed by atoms with van der Waals surface area (Å²) in [7, 11) is 5.34. The van der Waals surface area contributed by atoms with Crippen LogP contribution in [0.1, 0.15) is 11.4 Å². The molecule has 1 aromatic heterocycles. The van der Waals surface area contributed by atoms with Crippen molar-refractivity contribution >= 4 is 10.9 Å². The average Bonchev–Trinajstić information content (AvgIpc) is 2.62. The van der Waals surface area contributed by atoms with E-state index in [1.807, 2.05) is 36.4 Å². The Balaban J connectivity index is 1.79. The van der Waals surface area contributed by atoms with Crippen LogP contribution in [0.4, 0.5) is 0 Å². The molecule has 130 valence electrons. The van der Waals surface area contributed by atoms with Gasteiger partial charge in [-0.3, -0.25) is 4.79 Å². The molecule has 1 heterocycles.